The summed E-state index contributed by atoms with van der Waals surface area (Å²) in [5, 5.41) is 15.2. The quantitative estimate of drug-likeness (QED) is 0.714. The van der Waals surface area contributed by atoms with Gasteiger partial charge in [0.15, 0.2) is 0 Å². The smallest absolute Gasteiger partial charge is 0.230 e. The highest BCUT2D eigenvalue weighted by Crippen LogP contribution is 2.08. The fourth-order valence-corrected chi connectivity index (χ4v) is 1.99. The molecule has 2 rings (SSSR count). The second-order valence-corrected chi connectivity index (χ2v) is 4.95. The topological polar surface area (TPSA) is 98.7 Å². The van der Waals surface area contributed by atoms with Crippen LogP contribution in [0.4, 0.5) is 10.1 Å². The number of carbonyl (C=O) groups is 2. The van der Waals surface area contributed by atoms with Crippen LogP contribution in [0.3, 0.4) is 0 Å². The van der Waals surface area contributed by atoms with Crippen molar-refractivity contribution in [2.24, 2.45) is 0 Å². The van der Waals surface area contributed by atoms with Gasteiger partial charge in [-0.05, 0) is 36.4 Å². The Morgan fingerprint density at radius 2 is 1.96 bits per heavy atom. The van der Waals surface area contributed by atoms with Crippen molar-refractivity contribution in [3.05, 3.63) is 60.2 Å². The van der Waals surface area contributed by atoms with Crippen LogP contribution in [0.2, 0.25) is 0 Å². The Morgan fingerprint density at radius 3 is 2.57 bits per heavy atom. The molecule has 1 heterocycles. The Kier molecular flexibility index (Phi) is 5.76. The van der Waals surface area contributed by atoms with Gasteiger partial charge < -0.3 is 20.5 Å². The lowest BCUT2D eigenvalue weighted by molar-refractivity contribution is -0.697. The number of aliphatic carboxylic acids is 1. The number of carbonyl (C=O) groups excluding carboxylic acids is 2. The summed E-state index contributed by atoms with van der Waals surface area (Å²) in [5.74, 6) is -2.22. The Balaban J connectivity index is 1.89. The average molecular weight is 317 g/mol. The van der Waals surface area contributed by atoms with E-state index in [1.54, 1.807) is 24.4 Å². The van der Waals surface area contributed by atoms with Crippen LogP contribution in [0.25, 0.3) is 0 Å². The molecule has 0 saturated heterocycles. The van der Waals surface area contributed by atoms with Crippen LogP contribution >= 0.6 is 0 Å². The first kappa shape index (κ1) is 16.6. The molecule has 1 aromatic carbocycles. The largest absolute Gasteiger partial charge is 0.544 e. The van der Waals surface area contributed by atoms with E-state index in [2.05, 4.69) is 10.3 Å². The molecule has 0 fully saturated rings. The molecule has 0 radical (unpaired) electrons. The average Bonchev–Trinajstić information content (AvgIpc) is 2.54. The third kappa shape index (κ3) is 5.48. The maximum Gasteiger partial charge on any atom is 0.230 e. The summed E-state index contributed by atoms with van der Waals surface area (Å²) < 4.78 is 12.8. The zero-order chi connectivity index (χ0) is 16.7. The number of carboxylic acids is 1. The summed E-state index contributed by atoms with van der Waals surface area (Å²) in [6, 6.07) is 9.51. The van der Waals surface area contributed by atoms with Gasteiger partial charge in [0, 0.05) is 11.9 Å². The van der Waals surface area contributed by atoms with Gasteiger partial charge >= 0.3 is 0 Å². The molecule has 23 heavy (non-hydrogen) atoms. The van der Waals surface area contributed by atoms with Gasteiger partial charge in [-0.1, -0.05) is 6.07 Å². The summed E-state index contributed by atoms with van der Waals surface area (Å²) in [6.07, 6.45) is 1.35. The van der Waals surface area contributed by atoms with Crippen molar-refractivity contribution in [3.63, 3.8) is 0 Å². The molecule has 0 spiro atoms. The molecular formula is C16H16FN3O3. The third-order valence-corrected chi connectivity index (χ3v) is 3.17. The summed E-state index contributed by atoms with van der Waals surface area (Å²) in [4.78, 5) is 27.1. The lowest BCUT2D eigenvalue weighted by Crippen LogP contribution is -2.92. The zero-order valence-electron chi connectivity index (χ0n) is 12.2. The van der Waals surface area contributed by atoms with E-state index in [4.69, 9.17) is 0 Å². The number of nitrogens with zero attached hydrogens (tertiary/aromatic N) is 1. The third-order valence-electron chi connectivity index (χ3n) is 3.17. The monoisotopic (exact) mass is 317 g/mol. The van der Waals surface area contributed by atoms with E-state index < -0.39 is 23.7 Å². The SMILES string of the molecule is O=C(CC([NH2+]Cc1ccccn1)C(=O)[O-])Nc1ccc(F)cc1. The van der Waals surface area contributed by atoms with E-state index in [-0.39, 0.29) is 6.42 Å². The number of anilines is 1. The van der Waals surface area contributed by atoms with Gasteiger partial charge in [-0.2, -0.15) is 0 Å². The van der Waals surface area contributed by atoms with Crippen molar-refractivity contribution in [2.75, 3.05) is 5.32 Å². The Labute approximate surface area is 132 Å². The Bertz CT molecular complexity index is 662. The number of hydrogen-bond acceptors (Lipinski definition) is 4. The summed E-state index contributed by atoms with van der Waals surface area (Å²) in [7, 11) is 0. The first-order chi connectivity index (χ1) is 11.0. The number of hydrogen-bond donors (Lipinski definition) is 2. The maximum absolute atomic E-state index is 12.8. The molecule has 0 saturated carbocycles. The predicted molar refractivity (Wildman–Crippen MR) is 78.3 cm³/mol. The molecule has 0 aliphatic rings. The first-order valence-electron chi connectivity index (χ1n) is 7.04. The van der Waals surface area contributed by atoms with Crippen LogP contribution in [0.5, 0.6) is 0 Å². The van der Waals surface area contributed by atoms with Crippen LogP contribution in [0, 0.1) is 5.82 Å². The normalized spacial score (nSPS) is 11.7. The van der Waals surface area contributed by atoms with Gasteiger partial charge in [0.25, 0.3) is 0 Å². The number of quaternary nitrogens is 1. The number of aromatic nitrogens is 1. The fourth-order valence-electron chi connectivity index (χ4n) is 1.99. The maximum atomic E-state index is 12.8. The van der Waals surface area contributed by atoms with Gasteiger partial charge in [-0.3, -0.25) is 9.78 Å². The number of amides is 1. The second kappa shape index (κ2) is 8.00. The van der Waals surface area contributed by atoms with E-state index >= 15 is 0 Å². The van der Waals surface area contributed by atoms with E-state index in [9.17, 15) is 19.1 Å². The number of nitrogens with two attached hydrogens (primary N) is 1. The standard InChI is InChI=1S/C16H16FN3O3/c17-11-4-6-12(7-5-11)20-15(21)9-14(16(22)23)19-10-13-3-1-2-8-18-13/h1-8,14,19H,9-10H2,(H,20,21)(H,22,23). The lowest BCUT2D eigenvalue weighted by atomic mass is 10.2. The van der Waals surface area contributed by atoms with Crippen molar-refractivity contribution < 1.29 is 24.4 Å². The van der Waals surface area contributed by atoms with Crippen molar-refractivity contribution in [1.29, 1.82) is 0 Å². The number of benzene rings is 1. The van der Waals surface area contributed by atoms with E-state index in [1.807, 2.05) is 0 Å². The second-order valence-electron chi connectivity index (χ2n) is 4.95. The van der Waals surface area contributed by atoms with Crippen molar-refractivity contribution >= 4 is 17.6 Å². The Hall–Kier alpha value is -2.80. The van der Waals surface area contributed by atoms with Crippen molar-refractivity contribution in [1.82, 2.24) is 4.98 Å². The van der Waals surface area contributed by atoms with Gasteiger partial charge in [-0.15, -0.1) is 0 Å². The van der Waals surface area contributed by atoms with E-state index in [0.717, 1.165) is 0 Å². The van der Waals surface area contributed by atoms with Crippen molar-refractivity contribution in [2.45, 2.75) is 19.0 Å². The predicted octanol–water partition coefficient (Wildman–Crippen LogP) is -0.569. The number of halogens is 1. The molecule has 1 unspecified atom stereocenters. The number of rotatable bonds is 7. The summed E-state index contributed by atoms with van der Waals surface area (Å²) in [6.45, 7) is 0.323. The first-order valence-corrected chi connectivity index (χ1v) is 7.04. The highest BCUT2D eigenvalue weighted by molar-refractivity contribution is 5.93. The molecule has 2 aromatic rings. The van der Waals surface area contributed by atoms with Crippen molar-refractivity contribution in [3.8, 4) is 0 Å². The Morgan fingerprint density at radius 1 is 1.22 bits per heavy atom. The van der Waals surface area contributed by atoms with Crippen LogP contribution in [-0.2, 0) is 16.1 Å². The van der Waals surface area contributed by atoms with E-state index in [1.165, 1.54) is 29.6 Å². The molecule has 1 aromatic heterocycles. The molecule has 6 nitrogen and oxygen atoms in total. The molecule has 7 heteroatoms. The lowest BCUT2D eigenvalue weighted by Gasteiger charge is -2.16. The van der Waals surface area contributed by atoms with E-state index in [0.29, 0.717) is 17.9 Å². The fraction of sp³-hybridized carbons (Fsp3) is 0.188. The van der Waals surface area contributed by atoms with Gasteiger partial charge in [0.1, 0.15) is 18.4 Å². The highest BCUT2D eigenvalue weighted by Gasteiger charge is 2.18. The van der Waals surface area contributed by atoms with Gasteiger partial charge in [0.05, 0.1) is 18.1 Å². The minimum Gasteiger partial charge on any atom is -0.544 e. The minimum absolute atomic E-state index is 0.257. The number of carboxylic acid groups (broad SMARTS) is 1. The van der Waals surface area contributed by atoms with Crippen LogP contribution < -0.4 is 15.7 Å². The molecule has 1 amide bonds. The molecular weight excluding hydrogens is 301 g/mol. The van der Waals surface area contributed by atoms with Crippen LogP contribution in [0.15, 0.2) is 48.7 Å². The molecule has 0 aliphatic carbocycles. The van der Waals surface area contributed by atoms with Crippen LogP contribution in [-0.4, -0.2) is 22.9 Å². The molecule has 120 valence electrons. The van der Waals surface area contributed by atoms with Crippen LogP contribution in [0.1, 0.15) is 12.1 Å². The van der Waals surface area contributed by atoms with Gasteiger partial charge in [-0.25, -0.2) is 4.39 Å². The molecule has 3 N–H and O–H groups in total. The van der Waals surface area contributed by atoms with Gasteiger partial charge in [0.2, 0.25) is 5.91 Å². The zero-order valence-corrected chi connectivity index (χ0v) is 12.2. The summed E-state index contributed by atoms with van der Waals surface area (Å²) in [5.41, 5.74) is 1.11. The summed E-state index contributed by atoms with van der Waals surface area (Å²) >= 11 is 0. The molecule has 0 aliphatic heterocycles. The molecule has 0 bridgehead atoms. The molecule has 1 atom stereocenters. The highest BCUT2D eigenvalue weighted by atomic mass is 19.1. The minimum atomic E-state index is -1.32. The number of pyridine rings is 1. The number of nitrogens with one attached hydrogen (secondary N) is 1.